The minimum Gasteiger partial charge on any atom is -0.444 e. The van der Waals surface area contributed by atoms with Crippen LogP contribution in [0.5, 0.6) is 0 Å². The van der Waals surface area contributed by atoms with Gasteiger partial charge in [0.25, 0.3) is 0 Å². The Balaban J connectivity index is 1.58. The molecule has 0 aliphatic carbocycles. The zero-order valence-electron chi connectivity index (χ0n) is 15.5. The van der Waals surface area contributed by atoms with Crippen LogP contribution in [0.3, 0.4) is 0 Å². The molecule has 3 N–H and O–H groups in total. The van der Waals surface area contributed by atoms with E-state index in [1.54, 1.807) is 51.2 Å². The highest BCUT2D eigenvalue weighted by atomic mass is 16.6. The van der Waals surface area contributed by atoms with Crippen LogP contribution in [-0.4, -0.2) is 27.8 Å². The number of amides is 2. The molecule has 0 aliphatic rings. The number of aromatic amines is 1. The fourth-order valence-electron chi connectivity index (χ4n) is 2.58. The van der Waals surface area contributed by atoms with E-state index in [-0.39, 0.29) is 12.3 Å². The number of rotatable bonds is 4. The van der Waals surface area contributed by atoms with Crippen molar-refractivity contribution in [3.8, 4) is 0 Å². The third-order valence-electron chi connectivity index (χ3n) is 3.71. The summed E-state index contributed by atoms with van der Waals surface area (Å²) in [6.07, 6.45) is 1.42. The number of para-hydroxylation sites is 1. The first-order chi connectivity index (χ1) is 12.8. The second kappa shape index (κ2) is 7.49. The highest BCUT2D eigenvalue weighted by Crippen LogP contribution is 2.21. The van der Waals surface area contributed by atoms with Crippen molar-refractivity contribution in [3.05, 3.63) is 54.2 Å². The van der Waals surface area contributed by atoms with Gasteiger partial charge in [0.1, 0.15) is 5.60 Å². The van der Waals surface area contributed by atoms with Crippen molar-refractivity contribution in [1.29, 1.82) is 0 Å². The third kappa shape index (κ3) is 5.07. The molecular formula is C20H22N4O3. The highest BCUT2D eigenvalue weighted by Gasteiger charge is 2.16. The number of nitrogens with zero attached hydrogens (tertiary/aromatic N) is 1. The largest absolute Gasteiger partial charge is 0.444 e. The molecule has 0 spiro atoms. The first-order valence-corrected chi connectivity index (χ1v) is 8.61. The summed E-state index contributed by atoms with van der Waals surface area (Å²) >= 11 is 0. The SMILES string of the molecule is CC(C)(C)OC(=O)Nc1ccc(CC(=O)Nc2cccc3cn[nH]c23)cc1. The quantitative estimate of drug-likeness (QED) is 0.648. The number of carbonyl (C=O) groups excluding carboxylic acids is 2. The van der Waals surface area contributed by atoms with Gasteiger partial charge in [0.05, 0.1) is 23.8 Å². The number of anilines is 2. The minimum absolute atomic E-state index is 0.134. The van der Waals surface area contributed by atoms with Gasteiger partial charge in [0.2, 0.25) is 5.91 Å². The predicted octanol–water partition coefficient (Wildman–Crippen LogP) is 4.09. The van der Waals surface area contributed by atoms with Crippen LogP contribution >= 0.6 is 0 Å². The van der Waals surface area contributed by atoms with E-state index in [9.17, 15) is 9.59 Å². The van der Waals surface area contributed by atoms with Gasteiger partial charge in [-0.15, -0.1) is 0 Å². The molecule has 7 nitrogen and oxygen atoms in total. The number of ether oxygens (including phenoxy) is 1. The molecule has 1 heterocycles. The van der Waals surface area contributed by atoms with E-state index in [4.69, 9.17) is 4.74 Å². The lowest BCUT2D eigenvalue weighted by Gasteiger charge is -2.19. The molecule has 0 atom stereocenters. The Morgan fingerprint density at radius 1 is 1.07 bits per heavy atom. The Hall–Kier alpha value is -3.35. The molecule has 3 rings (SSSR count). The van der Waals surface area contributed by atoms with Crippen LogP contribution in [0.4, 0.5) is 16.2 Å². The van der Waals surface area contributed by atoms with E-state index in [1.165, 1.54) is 0 Å². The molecule has 2 aromatic carbocycles. The zero-order valence-corrected chi connectivity index (χ0v) is 15.5. The molecule has 0 bridgehead atoms. The summed E-state index contributed by atoms with van der Waals surface area (Å²) < 4.78 is 5.21. The molecular weight excluding hydrogens is 344 g/mol. The standard InChI is InChI=1S/C20H22N4O3/c1-20(2,3)27-19(26)22-15-9-7-13(8-10-15)11-17(25)23-16-6-4-5-14-12-21-24-18(14)16/h4-10,12H,11H2,1-3H3,(H,21,24)(H,22,26)(H,23,25). The maximum absolute atomic E-state index is 12.3. The van der Waals surface area contributed by atoms with E-state index >= 15 is 0 Å². The number of hydrogen-bond acceptors (Lipinski definition) is 4. The number of aromatic nitrogens is 2. The van der Waals surface area contributed by atoms with Crippen molar-refractivity contribution in [1.82, 2.24) is 10.2 Å². The van der Waals surface area contributed by atoms with E-state index in [0.717, 1.165) is 16.5 Å². The normalized spacial score (nSPS) is 11.2. The summed E-state index contributed by atoms with van der Waals surface area (Å²) in [6, 6.07) is 12.7. The van der Waals surface area contributed by atoms with Gasteiger partial charge in [-0.05, 0) is 44.5 Å². The summed E-state index contributed by atoms with van der Waals surface area (Å²) in [7, 11) is 0. The molecule has 3 aromatic rings. The monoisotopic (exact) mass is 366 g/mol. The Kier molecular flexibility index (Phi) is 5.12. The van der Waals surface area contributed by atoms with Gasteiger partial charge >= 0.3 is 6.09 Å². The number of benzene rings is 2. The van der Waals surface area contributed by atoms with Crippen molar-refractivity contribution in [2.75, 3.05) is 10.6 Å². The van der Waals surface area contributed by atoms with Gasteiger partial charge in [-0.3, -0.25) is 15.2 Å². The van der Waals surface area contributed by atoms with E-state index in [2.05, 4.69) is 20.8 Å². The predicted molar refractivity (Wildman–Crippen MR) is 105 cm³/mol. The molecule has 7 heteroatoms. The van der Waals surface area contributed by atoms with E-state index in [0.29, 0.717) is 11.4 Å². The van der Waals surface area contributed by atoms with Crippen molar-refractivity contribution < 1.29 is 14.3 Å². The average molecular weight is 366 g/mol. The number of fused-ring (bicyclic) bond motifs is 1. The van der Waals surface area contributed by atoms with Crippen LogP contribution in [0.25, 0.3) is 10.9 Å². The van der Waals surface area contributed by atoms with Crippen LogP contribution in [0, 0.1) is 0 Å². The molecule has 140 valence electrons. The summed E-state index contributed by atoms with van der Waals surface area (Å²) in [6.45, 7) is 5.41. The molecule has 0 fully saturated rings. The average Bonchev–Trinajstić information content (AvgIpc) is 3.04. The number of nitrogens with one attached hydrogen (secondary N) is 3. The number of hydrogen-bond donors (Lipinski definition) is 3. The maximum Gasteiger partial charge on any atom is 0.412 e. The second-order valence-corrected chi connectivity index (χ2v) is 7.19. The molecule has 0 aliphatic heterocycles. The summed E-state index contributed by atoms with van der Waals surface area (Å²) in [5, 5.41) is 13.4. The van der Waals surface area contributed by atoms with Crippen LogP contribution in [0.1, 0.15) is 26.3 Å². The van der Waals surface area contributed by atoms with Crippen molar-refractivity contribution in [3.63, 3.8) is 0 Å². The number of H-pyrrole nitrogens is 1. The third-order valence-corrected chi connectivity index (χ3v) is 3.71. The van der Waals surface area contributed by atoms with Gasteiger partial charge in [0.15, 0.2) is 0 Å². The van der Waals surface area contributed by atoms with Gasteiger partial charge < -0.3 is 10.1 Å². The van der Waals surface area contributed by atoms with Gasteiger partial charge in [-0.1, -0.05) is 24.3 Å². The molecule has 0 saturated heterocycles. The second-order valence-electron chi connectivity index (χ2n) is 7.19. The van der Waals surface area contributed by atoms with Gasteiger partial charge in [-0.25, -0.2) is 4.79 Å². The van der Waals surface area contributed by atoms with Crippen LogP contribution in [0.2, 0.25) is 0 Å². The first-order valence-electron chi connectivity index (χ1n) is 8.61. The summed E-state index contributed by atoms with van der Waals surface area (Å²) in [4.78, 5) is 24.1. The molecule has 2 amide bonds. The molecule has 1 aromatic heterocycles. The topological polar surface area (TPSA) is 96.1 Å². The fraction of sp³-hybridized carbons (Fsp3) is 0.250. The molecule has 0 saturated carbocycles. The van der Waals surface area contributed by atoms with Gasteiger partial charge in [-0.2, -0.15) is 5.10 Å². The molecule has 0 unspecified atom stereocenters. The first kappa shape index (κ1) is 18.4. The lowest BCUT2D eigenvalue weighted by Crippen LogP contribution is -2.27. The zero-order chi connectivity index (χ0) is 19.4. The smallest absolute Gasteiger partial charge is 0.412 e. The number of carbonyl (C=O) groups is 2. The Morgan fingerprint density at radius 2 is 1.81 bits per heavy atom. The lowest BCUT2D eigenvalue weighted by molar-refractivity contribution is -0.115. The van der Waals surface area contributed by atoms with Crippen molar-refractivity contribution in [2.24, 2.45) is 0 Å². The Labute approximate surface area is 157 Å². The van der Waals surface area contributed by atoms with Crippen LogP contribution in [0.15, 0.2) is 48.7 Å². The van der Waals surface area contributed by atoms with Gasteiger partial charge in [0, 0.05) is 11.1 Å². The van der Waals surface area contributed by atoms with Crippen molar-refractivity contribution >= 4 is 34.3 Å². The summed E-state index contributed by atoms with van der Waals surface area (Å²) in [5.74, 6) is -0.134. The fourth-order valence-corrected chi connectivity index (χ4v) is 2.58. The lowest BCUT2D eigenvalue weighted by atomic mass is 10.1. The van der Waals surface area contributed by atoms with Crippen LogP contribution < -0.4 is 10.6 Å². The van der Waals surface area contributed by atoms with E-state index < -0.39 is 11.7 Å². The van der Waals surface area contributed by atoms with Crippen molar-refractivity contribution in [2.45, 2.75) is 32.8 Å². The molecule has 27 heavy (non-hydrogen) atoms. The van der Waals surface area contributed by atoms with E-state index in [1.807, 2.05) is 18.2 Å². The Morgan fingerprint density at radius 3 is 2.52 bits per heavy atom. The summed E-state index contributed by atoms with van der Waals surface area (Å²) in [5.41, 5.74) is 2.37. The Bertz CT molecular complexity index is 955. The highest BCUT2D eigenvalue weighted by molar-refractivity contribution is 6.00. The minimum atomic E-state index is -0.556. The molecule has 0 radical (unpaired) electrons. The maximum atomic E-state index is 12.3. The van der Waals surface area contributed by atoms with Crippen LogP contribution in [-0.2, 0) is 16.0 Å².